The van der Waals surface area contributed by atoms with Crippen molar-refractivity contribution < 1.29 is 28.1 Å². The maximum Gasteiger partial charge on any atom is 0.241 e. The van der Waals surface area contributed by atoms with Gasteiger partial charge in [-0.1, -0.05) is 30.3 Å². The van der Waals surface area contributed by atoms with Gasteiger partial charge in [-0.3, -0.25) is 4.79 Å². The molecule has 0 spiro atoms. The molecule has 0 radical (unpaired) electrons. The Bertz CT molecular complexity index is 1140. The summed E-state index contributed by atoms with van der Waals surface area (Å²) in [6.45, 7) is 3.09. The highest BCUT2D eigenvalue weighted by molar-refractivity contribution is 5.96. The Kier molecular flexibility index (Phi) is 9.88. The highest BCUT2D eigenvalue weighted by Crippen LogP contribution is 2.23. The highest BCUT2D eigenvalue weighted by atomic mass is 19.1. The Hall–Kier alpha value is -3.46. The van der Waals surface area contributed by atoms with Crippen molar-refractivity contribution in [2.24, 2.45) is 0 Å². The van der Waals surface area contributed by atoms with Gasteiger partial charge in [0.1, 0.15) is 17.3 Å². The minimum Gasteiger partial charge on any atom is -0.496 e. The Morgan fingerprint density at radius 1 is 0.973 bits per heavy atom. The predicted octanol–water partition coefficient (Wildman–Crippen LogP) is 4.34. The number of rotatable bonds is 13. The Balaban J connectivity index is 1.22. The van der Waals surface area contributed by atoms with Crippen molar-refractivity contribution in [2.45, 2.75) is 25.7 Å². The Labute approximate surface area is 217 Å². The molecule has 1 N–H and O–H groups in total. The molecule has 1 amide bonds. The SMILES string of the molecule is COc1ccccc1COCCCOc1ccc(N2C(=O)CNC[C@@H]2COCc2cccc(F)c2)cc1. The van der Waals surface area contributed by atoms with E-state index in [4.69, 9.17) is 18.9 Å². The van der Waals surface area contributed by atoms with E-state index < -0.39 is 0 Å². The number of benzene rings is 3. The largest absolute Gasteiger partial charge is 0.496 e. The number of carbonyl (C=O) groups is 1. The molecule has 1 aliphatic heterocycles. The Morgan fingerprint density at radius 3 is 2.62 bits per heavy atom. The zero-order chi connectivity index (χ0) is 25.9. The lowest BCUT2D eigenvalue weighted by Gasteiger charge is -2.36. The number of piperazine rings is 1. The first-order valence-corrected chi connectivity index (χ1v) is 12.4. The molecule has 8 heteroatoms. The lowest BCUT2D eigenvalue weighted by Crippen LogP contribution is -2.57. The number of carbonyl (C=O) groups excluding carboxylic acids is 1. The fraction of sp³-hybridized carbons (Fsp3) is 0.345. The minimum atomic E-state index is -0.292. The number of nitrogens with one attached hydrogen (secondary N) is 1. The number of halogens is 1. The second-order valence-corrected chi connectivity index (χ2v) is 8.75. The van der Waals surface area contributed by atoms with Crippen LogP contribution in [0.1, 0.15) is 17.5 Å². The van der Waals surface area contributed by atoms with Gasteiger partial charge in [-0.05, 0) is 48.0 Å². The van der Waals surface area contributed by atoms with Gasteiger partial charge < -0.3 is 29.2 Å². The van der Waals surface area contributed by atoms with E-state index in [-0.39, 0.29) is 30.9 Å². The quantitative estimate of drug-likeness (QED) is 0.347. The lowest BCUT2D eigenvalue weighted by molar-refractivity contribution is -0.119. The standard InChI is InChI=1S/C29H33FN2O5/c1-34-28-9-3-2-7-23(28)20-35-14-5-15-37-27-12-10-25(11-13-27)32-26(17-31-18-29(32)33)21-36-19-22-6-4-8-24(30)16-22/h2-4,6-13,16,26,31H,5,14-15,17-21H2,1H3/t26-/m1/s1. The molecule has 0 aromatic heterocycles. The summed E-state index contributed by atoms with van der Waals surface area (Å²) < 4.78 is 36.2. The van der Waals surface area contributed by atoms with Crippen LogP contribution >= 0.6 is 0 Å². The molecular weight excluding hydrogens is 475 g/mol. The number of ether oxygens (including phenoxy) is 4. The Morgan fingerprint density at radius 2 is 1.81 bits per heavy atom. The first-order valence-electron chi connectivity index (χ1n) is 12.4. The summed E-state index contributed by atoms with van der Waals surface area (Å²) in [7, 11) is 1.65. The first-order chi connectivity index (χ1) is 18.1. The van der Waals surface area contributed by atoms with Crippen molar-refractivity contribution in [1.29, 1.82) is 0 Å². The van der Waals surface area contributed by atoms with E-state index in [1.54, 1.807) is 18.1 Å². The van der Waals surface area contributed by atoms with E-state index in [1.807, 2.05) is 54.6 Å². The monoisotopic (exact) mass is 508 g/mol. The number of amides is 1. The van der Waals surface area contributed by atoms with Crippen molar-refractivity contribution in [3.05, 3.63) is 89.7 Å². The lowest BCUT2D eigenvalue weighted by atomic mass is 10.1. The number of hydrogen-bond acceptors (Lipinski definition) is 6. The van der Waals surface area contributed by atoms with Crippen molar-refractivity contribution in [3.63, 3.8) is 0 Å². The van der Waals surface area contributed by atoms with Crippen molar-refractivity contribution in [1.82, 2.24) is 5.32 Å². The normalized spacial score (nSPS) is 15.6. The molecule has 1 heterocycles. The van der Waals surface area contributed by atoms with E-state index in [0.29, 0.717) is 33.0 Å². The number of methoxy groups -OCH3 is 1. The van der Waals surface area contributed by atoms with Crippen LogP contribution in [0.25, 0.3) is 0 Å². The van der Waals surface area contributed by atoms with Gasteiger partial charge in [0.05, 0.1) is 52.7 Å². The van der Waals surface area contributed by atoms with Crippen LogP contribution in [0.15, 0.2) is 72.8 Å². The van der Waals surface area contributed by atoms with Crippen LogP contribution in [0, 0.1) is 5.82 Å². The van der Waals surface area contributed by atoms with E-state index in [2.05, 4.69) is 5.32 Å². The van der Waals surface area contributed by atoms with Crippen molar-refractivity contribution >= 4 is 11.6 Å². The summed E-state index contributed by atoms with van der Waals surface area (Å²) in [4.78, 5) is 14.4. The van der Waals surface area contributed by atoms with Gasteiger partial charge in [-0.25, -0.2) is 4.39 Å². The van der Waals surface area contributed by atoms with E-state index in [9.17, 15) is 9.18 Å². The van der Waals surface area contributed by atoms with Gasteiger partial charge in [0, 0.05) is 24.2 Å². The van der Waals surface area contributed by atoms with Crippen LogP contribution in [0.3, 0.4) is 0 Å². The van der Waals surface area contributed by atoms with Crippen LogP contribution in [0.5, 0.6) is 11.5 Å². The van der Waals surface area contributed by atoms with Crippen molar-refractivity contribution in [3.8, 4) is 11.5 Å². The fourth-order valence-electron chi connectivity index (χ4n) is 4.21. The molecule has 0 saturated carbocycles. The molecule has 4 rings (SSSR count). The summed E-state index contributed by atoms with van der Waals surface area (Å²) in [5.41, 5.74) is 2.56. The molecule has 1 saturated heterocycles. The summed E-state index contributed by atoms with van der Waals surface area (Å²) in [6, 6.07) is 21.5. The van der Waals surface area contributed by atoms with Crippen LogP contribution < -0.4 is 19.7 Å². The van der Waals surface area contributed by atoms with Crippen molar-refractivity contribution in [2.75, 3.05) is 44.9 Å². The summed E-state index contributed by atoms with van der Waals surface area (Å²) in [5, 5.41) is 3.14. The van der Waals surface area contributed by atoms with Gasteiger partial charge in [-0.2, -0.15) is 0 Å². The molecule has 1 aliphatic rings. The molecular formula is C29H33FN2O5. The van der Waals surface area contributed by atoms with Gasteiger partial charge in [-0.15, -0.1) is 0 Å². The summed E-state index contributed by atoms with van der Waals surface area (Å²) in [6.07, 6.45) is 0.748. The average Bonchev–Trinajstić information content (AvgIpc) is 2.91. The maximum absolute atomic E-state index is 13.4. The van der Waals surface area contributed by atoms with Crippen LogP contribution in [0.4, 0.5) is 10.1 Å². The van der Waals surface area contributed by atoms with E-state index >= 15 is 0 Å². The molecule has 0 bridgehead atoms. The molecule has 3 aromatic rings. The molecule has 1 atom stereocenters. The highest BCUT2D eigenvalue weighted by Gasteiger charge is 2.29. The van der Waals surface area contributed by atoms with E-state index in [1.165, 1.54) is 12.1 Å². The predicted molar refractivity (Wildman–Crippen MR) is 139 cm³/mol. The summed E-state index contributed by atoms with van der Waals surface area (Å²) in [5.74, 6) is 1.24. The molecule has 196 valence electrons. The summed E-state index contributed by atoms with van der Waals surface area (Å²) >= 11 is 0. The molecule has 37 heavy (non-hydrogen) atoms. The molecule has 1 fully saturated rings. The first kappa shape index (κ1) is 26.6. The molecule has 0 aliphatic carbocycles. The van der Waals surface area contributed by atoms with Crippen LogP contribution in [0.2, 0.25) is 0 Å². The second-order valence-electron chi connectivity index (χ2n) is 8.75. The van der Waals surface area contributed by atoms with E-state index in [0.717, 1.165) is 34.7 Å². The average molecular weight is 509 g/mol. The number of nitrogens with zero attached hydrogens (tertiary/aromatic N) is 1. The second kappa shape index (κ2) is 13.7. The van der Waals surface area contributed by atoms with Gasteiger partial charge in [0.15, 0.2) is 0 Å². The third kappa shape index (κ3) is 7.76. The number of anilines is 1. The molecule has 3 aromatic carbocycles. The maximum atomic E-state index is 13.4. The fourth-order valence-corrected chi connectivity index (χ4v) is 4.21. The minimum absolute atomic E-state index is 0.0218. The zero-order valence-electron chi connectivity index (χ0n) is 21.0. The third-order valence-electron chi connectivity index (χ3n) is 6.02. The van der Waals surface area contributed by atoms with Gasteiger partial charge >= 0.3 is 0 Å². The smallest absolute Gasteiger partial charge is 0.241 e. The number of hydrogen-bond donors (Lipinski definition) is 1. The van der Waals surface area contributed by atoms with Gasteiger partial charge in [0.25, 0.3) is 0 Å². The van der Waals surface area contributed by atoms with Gasteiger partial charge in [0.2, 0.25) is 5.91 Å². The van der Waals surface area contributed by atoms with Crippen LogP contribution in [-0.2, 0) is 27.5 Å². The zero-order valence-corrected chi connectivity index (χ0v) is 21.0. The third-order valence-corrected chi connectivity index (χ3v) is 6.02. The molecule has 0 unspecified atom stereocenters. The number of para-hydroxylation sites is 1. The topological polar surface area (TPSA) is 69.3 Å². The van der Waals surface area contributed by atoms with Crippen LogP contribution in [-0.4, -0.2) is 52.0 Å². The molecule has 7 nitrogen and oxygen atoms in total.